The standard InChI is InChI=1S/C17H16N4O4/c1-10-7-13-15(19-10)18-9-21(16(13)23)8-14(22)20-12-5-3-11(4-6-12)17(24)25-2/h3-7,9,19H,8H2,1-2H3,(H,20,22). The molecule has 3 rings (SSSR count). The summed E-state index contributed by atoms with van der Waals surface area (Å²) in [6.45, 7) is 1.67. The molecule has 2 heterocycles. The Bertz CT molecular complexity index is 1000. The maximum atomic E-state index is 12.4. The highest BCUT2D eigenvalue weighted by atomic mass is 16.5. The molecule has 0 radical (unpaired) electrons. The van der Waals surface area contributed by atoms with Crippen LogP contribution in [0.5, 0.6) is 0 Å². The summed E-state index contributed by atoms with van der Waals surface area (Å²) < 4.78 is 5.86. The number of amides is 1. The first-order valence-corrected chi connectivity index (χ1v) is 7.51. The number of aryl methyl sites for hydroxylation is 1. The quantitative estimate of drug-likeness (QED) is 0.699. The van der Waals surface area contributed by atoms with Crippen molar-refractivity contribution in [2.45, 2.75) is 13.5 Å². The van der Waals surface area contributed by atoms with E-state index in [-0.39, 0.29) is 18.0 Å². The molecule has 0 saturated heterocycles. The summed E-state index contributed by atoms with van der Waals surface area (Å²) in [6.07, 6.45) is 1.33. The lowest BCUT2D eigenvalue weighted by Crippen LogP contribution is -2.27. The minimum Gasteiger partial charge on any atom is -0.465 e. The lowest BCUT2D eigenvalue weighted by Gasteiger charge is -2.07. The lowest BCUT2D eigenvalue weighted by atomic mass is 10.2. The number of benzene rings is 1. The highest BCUT2D eigenvalue weighted by Crippen LogP contribution is 2.11. The number of carbonyl (C=O) groups excluding carboxylic acids is 2. The van der Waals surface area contributed by atoms with Gasteiger partial charge in [0.1, 0.15) is 18.5 Å². The number of nitrogens with one attached hydrogen (secondary N) is 2. The number of hydrogen-bond acceptors (Lipinski definition) is 5. The van der Waals surface area contributed by atoms with E-state index >= 15 is 0 Å². The molecular formula is C17H16N4O4. The fourth-order valence-electron chi connectivity index (χ4n) is 2.45. The van der Waals surface area contributed by atoms with E-state index in [0.29, 0.717) is 22.3 Å². The Morgan fingerprint density at radius 2 is 2.00 bits per heavy atom. The molecule has 2 N–H and O–H groups in total. The van der Waals surface area contributed by atoms with E-state index in [4.69, 9.17) is 0 Å². The molecule has 128 valence electrons. The number of hydrogen-bond donors (Lipinski definition) is 2. The molecule has 0 aliphatic rings. The Morgan fingerprint density at radius 3 is 2.68 bits per heavy atom. The van der Waals surface area contributed by atoms with E-state index in [1.807, 2.05) is 6.92 Å². The molecule has 25 heavy (non-hydrogen) atoms. The summed E-state index contributed by atoms with van der Waals surface area (Å²) in [5.74, 6) is -0.827. The van der Waals surface area contributed by atoms with Crippen molar-refractivity contribution in [3.63, 3.8) is 0 Å². The second kappa shape index (κ2) is 6.60. The summed E-state index contributed by atoms with van der Waals surface area (Å²) >= 11 is 0. The van der Waals surface area contributed by atoms with Gasteiger partial charge in [-0.3, -0.25) is 14.2 Å². The predicted molar refractivity (Wildman–Crippen MR) is 91.5 cm³/mol. The number of nitrogens with zero attached hydrogens (tertiary/aromatic N) is 2. The van der Waals surface area contributed by atoms with Crippen LogP contribution < -0.4 is 10.9 Å². The van der Waals surface area contributed by atoms with E-state index in [0.717, 1.165) is 5.69 Å². The molecule has 0 spiro atoms. The van der Waals surface area contributed by atoms with Crippen molar-refractivity contribution in [3.05, 3.63) is 58.3 Å². The molecule has 0 atom stereocenters. The van der Waals surface area contributed by atoms with Gasteiger partial charge in [-0.2, -0.15) is 0 Å². The predicted octanol–water partition coefficient (Wildman–Crippen LogP) is 1.46. The van der Waals surface area contributed by atoms with Crippen molar-refractivity contribution in [2.75, 3.05) is 12.4 Å². The monoisotopic (exact) mass is 340 g/mol. The van der Waals surface area contributed by atoms with Crippen LogP contribution in [0, 0.1) is 6.92 Å². The number of ether oxygens (including phenoxy) is 1. The normalized spacial score (nSPS) is 10.6. The van der Waals surface area contributed by atoms with Gasteiger partial charge in [0, 0.05) is 11.4 Å². The van der Waals surface area contributed by atoms with Crippen molar-refractivity contribution in [3.8, 4) is 0 Å². The Labute approximate surface area is 142 Å². The number of fused-ring (bicyclic) bond motifs is 1. The molecule has 0 aliphatic heterocycles. The van der Waals surface area contributed by atoms with Gasteiger partial charge < -0.3 is 15.0 Å². The molecule has 3 aromatic rings. The fraction of sp³-hybridized carbons (Fsp3) is 0.176. The van der Waals surface area contributed by atoms with Gasteiger partial charge in [0.2, 0.25) is 5.91 Å². The average Bonchev–Trinajstić information content (AvgIpc) is 2.99. The van der Waals surface area contributed by atoms with Gasteiger partial charge in [0.05, 0.1) is 18.1 Å². The van der Waals surface area contributed by atoms with Crippen molar-refractivity contribution >= 4 is 28.6 Å². The third-order valence-corrected chi connectivity index (χ3v) is 3.65. The number of H-pyrrole nitrogens is 1. The Hall–Kier alpha value is -3.42. The highest BCUT2D eigenvalue weighted by molar-refractivity contribution is 5.93. The lowest BCUT2D eigenvalue weighted by molar-refractivity contribution is -0.116. The molecule has 8 nitrogen and oxygen atoms in total. The van der Waals surface area contributed by atoms with E-state index in [1.165, 1.54) is 18.0 Å². The zero-order chi connectivity index (χ0) is 18.0. The van der Waals surface area contributed by atoms with Crippen LogP contribution >= 0.6 is 0 Å². The molecule has 1 amide bonds. The first-order chi connectivity index (χ1) is 12.0. The summed E-state index contributed by atoms with van der Waals surface area (Å²) in [5, 5.41) is 3.11. The van der Waals surface area contributed by atoms with Crippen molar-refractivity contribution in [2.24, 2.45) is 0 Å². The summed E-state index contributed by atoms with van der Waals surface area (Å²) in [7, 11) is 1.30. The van der Waals surface area contributed by atoms with Crippen LogP contribution in [0.15, 0.2) is 41.5 Å². The zero-order valence-corrected chi connectivity index (χ0v) is 13.7. The molecule has 0 aliphatic carbocycles. The smallest absolute Gasteiger partial charge is 0.337 e. The van der Waals surface area contributed by atoms with E-state index in [2.05, 4.69) is 20.0 Å². The molecule has 0 fully saturated rings. The topological polar surface area (TPSA) is 106 Å². The van der Waals surface area contributed by atoms with Crippen LogP contribution in [0.1, 0.15) is 16.1 Å². The first-order valence-electron chi connectivity index (χ1n) is 7.51. The van der Waals surface area contributed by atoms with E-state index < -0.39 is 5.97 Å². The number of anilines is 1. The first kappa shape index (κ1) is 16.4. The molecule has 1 aromatic carbocycles. The Balaban J connectivity index is 1.73. The van der Waals surface area contributed by atoms with Gasteiger partial charge >= 0.3 is 5.97 Å². The maximum Gasteiger partial charge on any atom is 0.337 e. The molecule has 0 unspecified atom stereocenters. The number of rotatable bonds is 4. The highest BCUT2D eigenvalue weighted by Gasteiger charge is 2.11. The molecular weight excluding hydrogens is 324 g/mol. The third-order valence-electron chi connectivity index (χ3n) is 3.65. The van der Waals surface area contributed by atoms with E-state index in [9.17, 15) is 14.4 Å². The van der Waals surface area contributed by atoms with E-state index in [1.54, 1.807) is 30.3 Å². The number of aromatic amines is 1. The minimum atomic E-state index is -0.453. The number of esters is 1. The van der Waals surface area contributed by atoms with Crippen LogP contribution in [0.3, 0.4) is 0 Å². The second-order valence-electron chi connectivity index (χ2n) is 5.51. The van der Waals surface area contributed by atoms with Crippen molar-refractivity contribution < 1.29 is 14.3 Å². The molecule has 2 aromatic heterocycles. The van der Waals surface area contributed by atoms with Gasteiger partial charge in [-0.15, -0.1) is 0 Å². The van der Waals surface area contributed by atoms with Crippen molar-refractivity contribution in [1.82, 2.24) is 14.5 Å². The van der Waals surface area contributed by atoms with Crippen LogP contribution in [-0.2, 0) is 16.1 Å². The second-order valence-corrected chi connectivity index (χ2v) is 5.51. The number of carbonyl (C=O) groups is 2. The average molecular weight is 340 g/mol. The molecule has 0 saturated carbocycles. The zero-order valence-electron chi connectivity index (χ0n) is 13.7. The van der Waals surface area contributed by atoms with Gasteiger partial charge in [-0.05, 0) is 37.3 Å². The van der Waals surface area contributed by atoms with Crippen LogP contribution in [-0.4, -0.2) is 33.5 Å². The molecule has 8 heteroatoms. The molecule has 0 bridgehead atoms. The SMILES string of the molecule is COC(=O)c1ccc(NC(=O)Cn2cnc3[nH]c(C)cc3c2=O)cc1. The van der Waals surface area contributed by atoms with Crippen molar-refractivity contribution in [1.29, 1.82) is 0 Å². The summed E-state index contributed by atoms with van der Waals surface area (Å²) in [4.78, 5) is 43.0. The Morgan fingerprint density at radius 1 is 1.28 bits per heavy atom. The van der Waals surface area contributed by atoms with Gasteiger partial charge in [0.15, 0.2) is 0 Å². The number of aromatic nitrogens is 3. The largest absolute Gasteiger partial charge is 0.465 e. The third kappa shape index (κ3) is 3.42. The van der Waals surface area contributed by atoms with Gasteiger partial charge in [-0.1, -0.05) is 0 Å². The Kier molecular flexibility index (Phi) is 4.34. The minimum absolute atomic E-state index is 0.162. The summed E-state index contributed by atoms with van der Waals surface area (Å²) in [5.41, 5.74) is 1.93. The van der Waals surface area contributed by atoms with Crippen LogP contribution in [0.25, 0.3) is 11.0 Å². The fourth-order valence-corrected chi connectivity index (χ4v) is 2.45. The maximum absolute atomic E-state index is 12.4. The van der Waals surface area contributed by atoms with Crippen LogP contribution in [0.2, 0.25) is 0 Å². The van der Waals surface area contributed by atoms with Gasteiger partial charge in [-0.25, -0.2) is 9.78 Å². The number of methoxy groups -OCH3 is 1. The van der Waals surface area contributed by atoms with Gasteiger partial charge in [0.25, 0.3) is 5.56 Å². The van der Waals surface area contributed by atoms with Crippen LogP contribution in [0.4, 0.5) is 5.69 Å². The summed E-state index contributed by atoms with van der Waals surface area (Å²) in [6, 6.07) is 7.96.